The fourth-order valence-electron chi connectivity index (χ4n) is 0.999. The molecule has 0 spiro atoms. The van der Waals surface area contributed by atoms with Crippen molar-refractivity contribution in [2.45, 2.75) is 6.42 Å². The second kappa shape index (κ2) is 5.22. The lowest BCUT2D eigenvalue weighted by Gasteiger charge is -2.11. The Labute approximate surface area is 76.2 Å². The molecule has 0 saturated carbocycles. The fraction of sp³-hybridized carbons (Fsp3) is 0.625. The van der Waals surface area contributed by atoms with Gasteiger partial charge in [0.2, 0.25) is 5.91 Å². The van der Waals surface area contributed by atoms with Gasteiger partial charge in [-0.15, -0.1) is 0 Å². The zero-order valence-corrected chi connectivity index (χ0v) is 7.69. The predicted molar refractivity (Wildman–Crippen MR) is 50.1 cm³/mol. The Kier molecular flexibility index (Phi) is 4.18. The molecule has 0 aliphatic carbocycles. The second-order valence-electron chi connectivity index (χ2n) is 2.55. The first-order chi connectivity index (χ1) is 5.84. The summed E-state index contributed by atoms with van der Waals surface area (Å²) in [4.78, 5) is 11.3. The van der Waals surface area contributed by atoms with E-state index < -0.39 is 0 Å². The molecule has 1 aliphatic rings. The molecular weight excluding hydrogens is 174 g/mol. The number of aliphatic hydroxyl groups excluding tert-OH is 1. The molecule has 0 fully saturated rings. The Morgan fingerprint density at radius 3 is 3.17 bits per heavy atom. The van der Waals surface area contributed by atoms with Gasteiger partial charge in [0.25, 0.3) is 0 Å². The molecule has 1 heterocycles. The van der Waals surface area contributed by atoms with E-state index in [4.69, 9.17) is 5.11 Å². The van der Waals surface area contributed by atoms with E-state index in [2.05, 4.69) is 5.32 Å². The van der Waals surface area contributed by atoms with E-state index in [9.17, 15) is 4.79 Å². The molecule has 0 radical (unpaired) electrons. The van der Waals surface area contributed by atoms with E-state index >= 15 is 0 Å². The van der Waals surface area contributed by atoms with Crippen LogP contribution in [0, 0.1) is 0 Å². The first-order valence-electron chi connectivity index (χ1n) is 4.00. The molecule has 0 aromatic rings. The topological polar surface area (TPSA) is 49.3 Å². The summed E-state index contributed by atoms with van der Waals surface area (Å²) in [5.41, 5.74) is 0.847. The number of allylic oxidation sites excluding steroid dienone is 1. The molecule has 1 amide bonds. The Bertz CT molecular complexity index is 191. The average Bonchev–Trinajstić information content (AvgIpc) is 2.15. The molecule has 68 valence electrons. The van der Waals surface area contributed by atoms with E-state index in [1.165, 1.54) is 0 Å². The summed E-state index contributed by atoms with van der Waals surface area (Å²) in [5, 5.41) is 11.1. The standard InChI is InChI=1S/C8H13NO2S/c10-4-3-9-8(11)7-2-1-5-12-6-7/h2,10H,1,3-6H2,(H,9,11). The van der Waals surface area contributed by atoms with Crippen LogP contribution in [-0.4, -0.2) is 35.7 Å². The number of amides is 1. The van der Waals surface area contributed by atoms with Crippen LogP contribution < -0.4 is 5.32 Å². The zero-order valence-electron chi connectivity index (χ0n) is 6.88. The van der Waals surface area contributed by atoms with Gasteiger partial charge in [-0.2, -0.15) is 11.8 Å². The minimum Gasteiger partial charge on any atom is -0.395 e. The molecule has 1 aliphatic heterocycles. The lowest BCUT2D eigenvalue weighted by molar-refractivity contribution is -0.117. The number of rotatable bonds is 3. The van der Waals surface area contributed by atoms with Gasteiger partial charge in [0.1, 0.15) is 0 Å². The molecule has 0 bridgehead atoms. The maximum atomic E-state index is 11.3. The molecule has 0 atom stereocenters. The van der Waals surface area contributed by atoms with Gasteiger partial charge in [-0.25, -0.2) is 0 Å². The fourth-order valence-corrected chi connectivity index (χ4v) is 1.90. The van der Waals surface area contributed by atoms with Crippen LogP contribution in [0.5, 0.6) is 0 Å². The number of carbonyl (C=O) groups excluding carboxylic acids is 1. The van der Waals surface area contributed by atoms with E-state index in [0.29, 0.717) is 6.54 Å². The van der Waals surface area contributed by atoms with Crippen LogP contribution in [0.1, 0.15) is 6.42 Å². The lowest BCUT2D eigenvalue weighted by Crippen LogP contribution is -2.29. The number of thioether (sulfide) groups is 1. The predicted octanol–water partition coefficient (Wildman–Crippen LogP) is 0.158. The van der Waals surface area contributed by atoms with Crippen molar-refractivity contribution < 1.29 is 9.90 Å². The third kappa shape index (κ3) is 2.87. The molecule has 12 heavy (non-hydrogen) atoms. The average molecular weight is 187 g/mol. The highest BCUT2D eigenvalue weighted by molar-refractivity contribution is 7.99. The minimum atomic E-state index is -0.0312. The Morgan fingerprint density at radius 2 is 2.58 bits per heavy atom. The third-order valence-corrected chi connectivity index (χ3v) is 2.64. The molecule has 0 aromatic carbocycles. The molecular formula is C8H13NO2S. The maximum absolute atomic E-state index is 11.3. The second-order valence-corrected chi connectivity index (χ2v) is 3.66. The first kappa shape index (κ1) is 9.61. The van der Waals surface area contributed by atoms with Crippen LogP contribution >= 0.6 is 11.8 Å². The van der Waals surface area contributed by atoms with Crippen LogP contribution in [0.2, 0.25) is 0 Å². The highest BCUT2D eigenvalue weighted by Gasteiger charge is 2.10. The summed E-state index contributed by atoms with van der Waals surface area (Å²) in [6, 6.07) is 0. The summed E-state index contributed by atoms with van der Waals surface area (Å²) in [7, 11) is 0. The quantitative estimate of drug-likeness (QED) is 0.661. The van der Waals surface area contributed by atoms with Crippen LogP contribution in [0.15, 0.2) is 11.6 Å². The maximum Gasteiger partial charge on any atom is 0.247 e. The van der Waals surface area contributed by atoms with Crippen molar-refractivity contribution >= 4 is 17.7 Å². The van der Waals surface area contributed by atoms with E-state index in [0.717, 1.165) is 23.5 Å². The minimum absolute atomic E-state index is 0.00611. The monoisotopic (exact) mass is 187 g/mol. The summed E-state index contributed by atoms with van der Waals surface area (Å²) in [5.74, 6) is 1.88. The van der Waals surface area contributed by atoms with Gasteiger partial charge in [-0.3, -0.25) is 4.79 Å². The first-order valence-corrected chi connectivity index (χ1v) is 5.16. The molecule has 0 unspecified atom stereocenters. The van der Waals surface area contributed by atoms with Crippen molar-refractivity contribution in [1.29, 1.82) is 0 Å². The van der Waals surface area contributed by atoms with E-state index in [-0.39, 0.29) is 12.5 Å². The normalized spacial score (nSPS) is 16.9. The number of aliphatic hydroxyl groups is 1. The van der Waals surface area contributed by atoms with Crippen molar-refractivity contribution in [2.24, 2.45) is 0 Å². The van der Waals surface area contributed by atoms with Crippen LogP contribution in [-0.2, 0) is 4.79 Å². The van der Waals surface area contributed by atoms with Gasteiger partial charge < -0.3 is 10.4 Å². The number of nitrogens with one attached hydrogen (secondary N) is 1. The molecule has 0 aromatic heterocycles. The highest BCUT2D eigenvalue weighted by Crippen LogP contribution is 2.16. The van der Waals surface area contributed by atoms with Gasteiger partial charge in [0.15, 0.2) is 0 Å². The van der Waals surface area contributed by atoms with Crippen molar-refractivity contribution in [2.75, 3.05) is 24.7 Å². The van der Waals surface area contributed by atoms with Crippen LogP contribution in [0.4, 0.5) is 0 Å². The lowest BCUT2D eigenvalue weighted by atomic mass is 10.2. The number of hydrogen-bond donors (Lipinski definition) is 2. The summed E-state index contributed by atoms with van der Waals surface area (Å²) in [6.45, 7) is 0.354. The smallest absolute Gasteiger partial charge is 0.247 e. The van der Waals surface area contributed by atoms with Gasteiger partial charge in [-0.05, 0) is 12.2 Å². The summed E-state index contributed by atoms with van der Waals surface area (Å²) >= 11 is 1.77. The van der Waals surface area contributed by atoms with Gasteiger partial charge >= 0.3 is 0 Å². The molecule has 2 N–H and O–H groups in total. The van der Waals surface area contributed by atoms with Crippen molar-refractivity contribution in [3.63, 3.8) is 0 Å². The van der Waals surface area contributed by atoms with E-state index in [1.54, 1.807) is 11.8 Å². The van der Waals surface area contributed by atoms with Crippen LogP contribution in [0.3, 0.4) is 0 Å². The number of hydrogen-bond acceptors (Lipinski definition) is 3. The van der Waals surface area contributed by atoms with Gasteiger partial charge in [0, 0.05) is 17.9 Å². The Morgan fingerprint density at radius 1 is 1.75 bits per heavy atom. The van der Waals surface area contributed by atoms with Crippen molar-refractivity contribution in [3.8, 4) is 0 Å². The molecule has 4 heteroatoms. The third-order valence-electron chi connectivity index (χ3n) is 1.60. The Hall–Kier alpha value is -0.480. The largest absolute Gasteiger partial charge is 0.395 e. The Balaban J connectivity index is 2.35. The molecule has 3 nitrogen and oxygen atoms in total. The van der Waals surface area contributed by atoms with Gasteiger partial charge in [0.05, 0.1) is 6.61 Å². The summed E-state index contributed by atoms with van der Waals surface area (Å²) < 4.78 is 0. The highest BCUT2D eigenvalue weighted by atomic mass is 32.2. The molecule has 0 saturated heterocycles. The van der Waals surface area contributed by atoms with Crippen molar-refractivity contribution in [1.82, 2.24) is 5.32 Å². The molecule has 1 rings (SSSR count). The summed E-state index contributed by atoms with van der Waals surface area (Å²) in [6.07, 6.45) is 2.95. The zero-order chi connectivity index (χ0) is 8.81. The SMILES string of the molecule is O=C(NCCO)C1=CCCSC1. The van der Waals surface area contributed by atoms with Crippen LogP contribution in [0.25, 0.3) is 0 Å². The van der Waals surface area contributed by atoms with Crippen molar-refractivity contribution in [3.05, 3.63) is 11.6 Å². The van der Waals surface area contributed by atoms with E-state index in [1.807, 2.05) is 6.08 Å². The number of carbonyl (C=O) groups is 1. The van der Waals surface area contributed by atoms with Gasteiger partial charge in [-0.1, -0.05) is 6.08 Å².